The third-order valence-corrected chi connectivity index (χ3v) is 11.4. The molecular weight excluding hydrogens is 777 g/mol. The van der Waals surface area contributed by atoms with Crippen molar-refractivity contribution in [2.75, 3.05) is 10.6 Å². The Morgan fingerprint density at radius 3 is 1.52 bits per heavy atom. The van der Waals surface area contributed by atoms with Crippen molar-refractivity contribution >= 4 is 32.9 Å². The zero-order valence-electron chi connectivity index (χ0n) is 31.7. The summed E-state index contributed by atoms with van der Waals surface area (Å²) in [5.74, 6) is 0. The second-order valence-corrected chi connectivity index (χ2v) is 15.1. The van der Waals surface area contributed by atoms with E-state index in [-0.39, 0.29) is 23.0 Å². The molecule has 300 valence electrons. The first-order valence-electron chi connectivity index (χ1n) is 19.3. The third-order valence-electron chi connectivity index (χ3n) is 11.4. The van der Waals surface area contributed by atoms with Crippen LogP contribution in [0.2, 0.25) is 0 Å². The number of hydrogen-bond acceptors (Lipinski definition) is 5. The number of nitrogens with one attached hydrogen (secondary N) is 2. The van der Waals surface area contributed by atoms with Crippen molar-refractivity contribution in [1.82, 2.24) is 4.90 Å². The van der Waals surface area contributed by atoms with Crippen LogP contribution in [0, 0.1) is 0 Å². The molecule has 1 aliphatic heterocycles. The molecule has 11 heteroatoms. The van der Waals surface area contributed by atoms with E-state index in [0.717, 1.165) is 54.9 Å². The van der Waals surface area contributed by atoms with Crippen molar-refractivity contribution in [2.45, 2.75) is 44.1 Å². The lowest BCUT2D eigenvalue weighted by Gasteiger charge is -2.39. The van der Waals surface area contributed by atoms with Crippen LogP contribution in [0.25, 0.3) is 32.7 Å². The predicted molar refractivity (Wildman–Crippen MR) is 223 cm³/mol. The number of alkyl halides is 6. The van der Waals surface area contributed by atoms with Crippen LogP contribution in [0.4, 0.5) is 37.7 Å². The van der Waals surface area contributed by atoms with E-state index in [1.165, 1.54) is 0 Å². The summed E-state index contributed by atoms with van der Waals surface area (Å²) < 4.78 is 82.1. The molecule has 0 radical (unpaired) electrons. The predicted octanol–water partition coefficient (Wildman–Crippen LogP) is 11.8. The van der Waals surface area contributed by atoms with Gasteiger partial charge in [0.2, 0.25) is 0 Å². The van der Waals surface area contributed by atoms with Crippen molar-refractivity contribution in [1.29, 1.82) is 0 Å². The van der Waals surface area contributed by atoms with Gasteiger partial charge in [0, 0.05) is 19.6 Å². The van der Waals surface area contributed by atoms with Crippen molar-refractivity contribution in [3.63, 3.8) is 0 Å². The Hall–Kier alpha value is -6.72. The number of rotatable bonds is 9. The van der Waals surface area contributed by atoms with Crippen molar-refractivity contribution in [3.8, 4) is 11.1 Å². The van der Waals surface area contributed by atoms with Gasteiger partial charge in [-0.3, -0.25) is 14.5 Å². The lowest BCUT2D eigenvalue weighted by Crippen LogP contribution is -2.41. The van der Waals surface area contributed by atoms with E-state index in [2.05, 4.69) is 64.1 Å². The summed E-state index contributed by atoms with van der Waals surface area (Å²) >= 11 is 0. The molecule has 0 bridgehead atoms. The van der Waals surface area contributed by atoms with E-state index in [0.29, 0.717) is 25.2 Å². The molecule has 8 aromatic carbocycles. The summed E-state index contributed by atoms with van der Waals surface area (Å²) in [5.41, 5.74) is 0.707. The summed E-state index contributed by atoms with van der Waals surface area (Å²) in [6.07, 6.45) is -10.1. The molecule has 0 aliphatic carbocycles. The van der Waals surface area contributed by atoms with Gasteiger partial charge in [-0.15, -0.1) is 0 Å². The summed E-state index contributed by atoms with van der Waals surface area (Å²) in [4.78, 5) is 29.0. The molecule has 0 amide bonds. The maximum absolute atomic E-state index is 13.7. The molecule has 2 N–H and O–H groups in total. The smallest absolute Gasteiger partial charge is 0.376 e. The molecule has 0 spiro atoms. The van der Waals surface area contributed by atoms with E-state index in [4.69, 9.17) is 0 Å². The Balaban J connectivity index is 1.16. The minimum atomic E-state index is -5.05. The molecule has 9 rings (SSSR count). The third kappa shape index (κ3) is 7.19. The van der Waals surface area contributed by atoms with Gasteiger partial charge in [0.05, 0.1) is 23.2 Å². The first kappa shape index (κ1) is 38.8. The number of anilines is 2. The standard InChI is InChI=1S/C49H35F6N3O2/c50-48(51,52)36-23-29(24-37(25-36)49(53,54)55)26-56-43-44(47(60)46(43)59)57-42(32-13-3-1-4-14-32)45(33-15-5-2-6-16-33)58-27-34-21-19-30-11-7-9-17-38(30)40(34)41-35(28-58)22-20-31-12-8-10-18-39(31)41/h1-25,42,45,56-57H,26-28H2. The first-order chi connectivity index (χ1) is 28.8. The van der Waals surface area contributed by atoms with E-state index in [9.17, 15) is 35.9 Å². The molecule has 0 saturated carbocycles. The highest BCUT2D eigenvalue weighted by atomic mass is 19.4. The lowest BCUT2D eigenvalue weighted by molar-refractivity contribution is -0.143. The van der Waals surface area contributed by atoms with Gasteiger partial charge >= 0.3 is 12.4 Å². The van der Waals surface area contributed by atoms with Crippen LogP contribution >= 0.6 is 0 Å². The molecule has 2 atom stereocenters. The quantitative estimate of drug-likeness (QED) is 0.112. The van der Waals surface area contributed by atoms with Gasteiger partial charge in [-0.1, -0.05) is 133 Å². The monoisotopic (exact) mass is 811 g/mol. The van der Waals surface area contributed by atoms with Crippen LogP contribution in [0.1, 0.15) is 51.0 Å². The SMILES string of the molecule is O=c1c(NCc2cc(C(F)(F)F)cc(C(F)(F)F)c2)c(NC(c2ccccc2)C(c2ccccc2)N2Cc3ccc4ccccc4c3-c3c(ccc4ccccc34)C2)c1=O. The molecule has 0 fully saturated rings. The van der Waals surface area contributed by atoms with E-state index < -0.39 is 53.0 Å². The largest absolute Gasteiger partial charge is 0.416 e. The molecular formula is C49H35F6N3O2. The van der Waals surface area contributed by atoms with Gasteiger partial charge in [0.1, 0.15) is 11.4 Å². The molecule has 0 saturated heterocycles. The second kappa shape index (κ2) is 15.1. The molecule has 2 unspecified atom stereocenters. The van der Waals surface area contributed by atoms with Crippen molar-refractivity contribution < 1.29 is 26.3 Å². The molecule has 1 aliphatic rings. The van der Waals surface area contributed by atoms with Gasteiger partial charge < -0.3 is 10.6 Å². The average molecular weight is 812 g/mol. The molecule has 5 nitrogen and oxygen atoms in total. The number of fused-ring (bicyclic) bond motifs is 7. The minimum Gasteiger partial charge on any atom is -0.376 e. The molecule has 1 heterocycles. The Bertz CT molecular complexity index is 2840. The maximum Gasteiger partial charge on any atom is 0.416 e. The Morgan fingerprint density at radius 1 is 0.533 bits per heavy atom. The highest BCUT2D eigenvalue weighted by Crippen LogP contribution is 2.46. The Morgan fingerprint density at radius 2 is 1.00 bits per heavy atom. The van der Waals surface area contributed by atoms with Crippen LogP contribution in [-0.2, 0) is 32.0 Å². The molecule has 8 aromatic rings. The fraction of sp³-hybridized carbons (Fsp3) is 0.143. The average Bonchev–Trinajstić information content (AvgIpc) is 3.42. The summed E-state index contributed by atoms with van der Waals surface area (Å²) in [6, 6.07) is 44.4. The molecule has 60 heavy (non-hydrogen) atoms. The fourth-order valence-electron chi connectivity index (χ4n) is 8.61. The number of benzene rings is 7. The summed E-state index contributed by atoms with van der Waals surface area (Å²) in [6.45, 7) is 0.399. The van der Waals surface area contributed by atoms with Crippen LogP contribution < -0.4 is 21.5 Å². The zero-order chi connectivity index (χ0) is 41.8. The molecule has 0 aromatic heterocycles. The van der Waals surface area contributed by atoms with E-state index in [1.807, 2.05) is 84.9 Å². The van der Waals surface area contributed by atoms with E-state index >= 15 is 0 Å². The highest BCUT2D eigenvalue weighted by Gasteiger charge is 2.38. The van der Waals surface area contributed by atoms with Crippen molar-refractivity contribution in [2.24, 2.45) is 0 Å². The van der Waals surface area contributed by atoms with Crippen LogP contribution in [0.3, 0.4) is 0 Å². The number of halogens is 6. The van der Waals surface area contributed by atoms with Crippen molar-refractivity contribution in [3.05, 3.63) is 211 Å². The first-order valence-corrected chi connectivity index (χ1v) is 19.3. The zero-order valence-corrected chi connectivity index (χ0v) is 31.7. The van der Waals surface area contributed by atoms with Crippen LogP contribution in [0.5, 0.6) is 0 Å². The highest BCUT2D eigenvalue weighted by molar-refractivity contribution is 6.08. The number of nitrogens with zero attached hydrogens (tertiary/aromatic N) is 1. The van der Waals surface area contributed by atoms with Gasteiger partial charge in [0.15, 0.2) is 0 Å². The number of hydrogen-bond donors (Lipinski definition) is 2. The minimum absolute atomic E-state index is 0.0481. The summed E-state index contributed by atoms with van der Waals surface area (Å²) in [5, 5.41) is 10.5. The lowest BCUT2D eigenvalue weighted by atomic mass is 9.88. The Kier molecular flexibility index (Phi) is 9.79. The van der Waals surface area contributed by atoms with Crippen LogP contribution in [-0.4, -0.2) is 4.90 Å². The van der Waals surface area contributed by atoms with E-state index in [1.54, 1.807) is 0 Å². The second-order valence-electron chi connectivity index (χ2n) is 15.1. The van der Waals surface area contributed by atoms with Gasteiger partial charge in [-0.05, 0) is 78.7 Å². The van der Waals surface area contributed by atoms with Crippen LogP contribution in [0.15, 0.2) is 161 Å². The van der Waals surface area contributed by atoms with Gasteiger partial charge in [-0.2, -0.15) is 26.3 Å². The Labute approximate surface area is 340 Å². The van der Waals surface area contributed by atoms with Gasteiger partial charge in [0.25, 0.3) is 10.9 Å². The normalized spacial score (nSPS) is 14.4. The maximum atomic E-state index is 13.7. The topological polar surface area (TPSA) is 61.4 Å². The summed E-state index contributed by atoms with van der Waals surface area (Å²) in [7, 11) is 0. The fourth-order valence-corrected chi connectivity index (χ4v) is 8.61. The van der Waals surface area contributed by atoms with Gasteiger partial charge in [-0.25, -0.2) is 0 Å².